The molecule has 0 saturated heterocycles. The Labute approximate surface area is 187 Å². The Bertz CT molecular complexity index is 878. The molecule has 0 unspecified atom stereocenters. The summed E-state index contributed by atoms with van der Waals surface area (Å²) in [6.45, 7) is 0.164. The number of halogens is 1. The van der Waals surface area contributed by atoms with Gasteiger partial charge in [-0.2, -0.15) is 0 Å². The molecular weight excluding hydrogens is 472 g/mol. The van der Waals surface area contributed by atoms with Gasteiger partial charge in [0.2, 0.25) is 11.8 Å². The molecule has 158 valence electrons. The molecule has 4 N–H and O–H groups in total. The number of thiocarbonyl (C=S) groups is 1. The molecule has 0 bridgehead atoms. The molecule has 0 aliphatic heterocycles. The predicted molar refractivity (Wildman–Crippen MR) is 119 cm³/mol. The van der Waals surface area contributed by atoms with Crippen molar-refractivity contribution in [1.29, 1.82) is 0 Å². The Morgan fingerprint density at radius 2 is 1.53 bits per heavy atom. The van der Waals surface area contributed by atoms with Crippen LogP contribution in [0.25, 0.3) is 0 Å². The molecule has 2 aromatic carbocycles. The number of ether oxygens (including phenoxy) is 1. The minimum atomic E-state index is -0.482. The number of hydrogen-bond acceptors (Lipinski definition) is 5. The van der Waals surface area contributed by atoms with Crippen molar-refractivity contribution < 1.29 is 19.1 Å². The minimum Gasteiger partial charge on any atom is -0.484 e. The van der Waals surface area contributed by atoms with Crippen LogP contribution in [0.5, 0.6) is 5.75 Å². The van der Waals surface area contributed by atoms with E-state index < -0.39 is 11.8 Å². The van der Waals surface area contributed by atoms with Crippen molar-refractivity contribution in [2.24, 2.45) is 0 Å². The van der Waals surface area contributed by atoms with Crippen LogP contribution in [0.3, 0.4) is 0 Å². The number of carbonyl (C=O) groups excluding carboxylic acids is 3. The van der Waals surface area contributed by atoms with Gasteiger partial charge in [0.05, 0.1) is 0 Å². The second-order valence-corrected chi connectivity index (χ2v) is 7.38. The molecule has 0 fully saturated rings. The third kappa shape index (κ3) is 9.48. The highest BCUT2D eigenvalue weighted by Crippen LogP contribution is 2.15. The first kappa shape index (κ1) is 23.3. The number of rotatable bonds is 8. The van der Waals surface area contributed by atoms with Crippen LogP contribution in [0, 0.1) is 0 Å². The van der Waals surface area contributed by atoms with Gasteiger partial charge in [-0.15, -0.1) is 0 Å². The Morgan fingerprint density at radius 3 is 2.23 bits per heavy atom. The molecule has 3 amide bonds. The minimum absolute atomic E-state index is 0.0283. The first-order chi connectivity index (χ1) is 14.4. The van der Waals surface area contributed by atoms with Gasteiger partial charge in [0.15, 0.2) is 11.7 Å². The lowest BCUT2D eigenvalue weighted by Crippen LogP contribution is -2.49. The number of carbonyl (C=O) groups is 3. The topological polar surface area (TPSA) is 109 Å². The molecule has 2 rings (SSSR count). The van der Waals surface area contributed by atoms with Gasteiger partial charge in [-0.25, -0.2) is 0 Å². The largest absolute Gasteiger partial charge is 0.484 e. The standard InChI is InChI=1S/C20H21BrN4O4S/c21-15-6-8-16(9-7-15)29-13-19(28)23-20(30)25-24-18(27)11-10-17(26)22-12-14-4-2-1-3-5-14/h1-9H,10-13H2,(H,22,26)(H,24,27)(H2,23,25,28,30). The maximum absolute atomic E-state index is 11.8. The van der Waals surface area contributed by atoms with Crippen LogP contribution in [-0.4, -0.2) is 29.4 Å². The fourth-order valence-corrected chi connectivity index (χ4v) is 2.60. The van der Waals surface area contributed by atoms with E-state index in [0.29, 0.717) is 12.3 Å². The normalized spacial score (nSPS) is 9.90. The van der Waals surface area contributed by atoms with Gasteiger partial charge in [0, 0.05) is 23.9 Å². The van der Waals surface area contributed by atoms with Crippen LogP contribution in [0.15, 0.2) is 59.1 Å². The van der Waals surface area contributed by atoms with Crippen LogP contribution in [0.2, 0.25) is 0 Å². The predicted octanol–water partition coefficient (Wildman–Crippen LogP) is 1.95. The maximum Gasteiger partial charge on any atom is 0.264 e. The van der Waals surface area contributed by atoms with Gasteiger partial charge in [0.25, 0.3) is 5.91 Å². The quantitative estimate of drug-likeness (QED) is 0.331. The van der Waals surface area contributed by atoms with E-state index in [9.17, 15) is 14.4 Å². The third-order valence-corrected chi connectivity index (χ3v) is 4.40. The van der Waals surface area contributed by atoms with Gasteiger partial charge < -0.3 is 10.1 Å². The number of nitrogens with one attached hydrogen (secondary N) is 4. The molecule has 0 aliphatic carbocycles. The summed E-state index contributed by atoms with van der Waals surface area (Å²) in [6, 6.07) is 16.5. The smallest absolute Gasteiger partial charge is 0.264 e. The van der Waals surface area contributed by atoms with Crippen molar-refractivity contribution in [1.82, 2.24) is 21.5 Å². The maximum atomic E-state index is 11.8. The van der Waals surface area contributed by atoms with Gasteiger partial charge in [0.1, 0.15) is 5.75 Å². The summed E-state index contributed by atoms with van der Waals surface area (Å²) in [5.41, 5.74) is 5.71. The van der Waals surface area contributed by atoms with Crippen LogP contribution in [-0.2, 0) is 20.9 Å². The van der Waals surface area contributed by atoms with Gasteiger partial charge >= 0.3 is 0 Å². The first-order valence-corrected chi connectivity index (χ1v) is 10.2. The third-order valence-electron chi connectivity index (χ3n) is 3.66. The zero-order valence-corrected chi connectivity index (χ0v) is 18.3. The summed E-state index contributed by atoms with van der Waals surface area (Å²) in [5, 5.41) is 5.03. The molecule has 2 aromatic rings. The van der Waals surface area contributed by atoms with E-state index in [1.807, 2.05) is 30.3 Å². The van der Waals surface area contributed by atoms with E-state index in [-0.39, 0.29) is 30.5 Å². The van der Waals surface area contributed by atoms with E-state index in [1.54, 1.807) is 24.3 Å². The van der Waals surface area contributed by atoms with Gasteiger partial charge in [-0.05, 0) is 42.0 Å². The number of benzene rings is 2. The fraction of sp³-hybridized carbons (Fsp3) is 0.200. The summed E-state index contributed by atoms with van der Waals surface area (Å²) < 4.78 is 6.21. The van der Waals surface area contributed by atoms with Crippen molar-refractivity contribution in [2.75, 3.05) is 6.61 Å². The summed E-state index contributed by atoms with van der Waals surface area (Å²) in [6.07, 6.45) is -0.00262. The molecule has 0 spiro atoms. The molecule has 0 aliphatic rings. The van der Waals surface area contributed by atoms with E-state index in [0.717, 1.165) is 10.0 Å². The van der Waals surface area contributed by atoms with Gasteiger partial charge in [-0.1, -0.05) is 46.3 Å². The molecule has 0 atom stereocenters. The highest BCUT2D eigenvalue weighted by atomic mass is 79.9. The summed E-state index contributed by atoms with van der Waals surface area (Å²) in [5.74, 6) is -0.626. The molecule has 10 heteroatoms. The Hall–Kier alpha value is -2.98. The Kier molecular flexibility index (Phi) is 9.75. The van der Waals surface area contributed by atoms with Crippen LogP contribution < -0.4 is 26.2 Å². The van der Waals surface area contributed by atoms with Crippen LogP contribution in [0.1, 0.15) is 18.4 Å². The van der Waals surface area contributed by atoms with Crippen LogP contribution in [0.4, 0.5) is 0 Å². The molecule has 0 saturated carbocycles. The van der Waals surface area contributed by atoms with E-state index in [2.05, 4.69) is 37.4 Å². The summed E-state index contributed by atoms with van der Waals surface area (Å²) >= 11 is 8.24. The van der Waals surface area contributed by atoms with Crippen molar-refractivity contribution in [3.05, 3.63) is 64.6 Å². The van der Waals surface area contributed by atoms with Crippen molar-refractivity contribution in [3.8, 4) is 5.75 Å². The van der Waals surface area contributed by atoms with Crippen molar-refractivity contribution in [2.45, 2.75) is 19.4 Å². The zero-order valence-electron chi connectivity index (χ0n) is 15.9. The zero-order chi connectivity index (χ0) is 21.8. The molecular formula is C20H21BrN4O4S. The molecule has 30 heavy (non-hydrogen) atoms. The molecule has 8 nitrogen and oxygen atoms in total. The lowest BCUT2D eigenvalue weighted by atomic mass is 10.2. The van der Waals surface area contributed by atoms with E-state index >= 15 is 0 Å². The van der Waals surface area contributed by atoms with E-state index in [4.69, 9.17) is 17.0 Å². The van der Waals surface area contributed by atoms with Crippen molar-refractivity contribution >= 4 is 51.0 Å². The molecule has 0 heterocycles. The molecule has 0 radical (unpaired) electrons. The second kappa shape index (κ2) is 12.6. The average molecular weight is 493 g/mol. The number of hydrazine groups is 1. The Balaban J connectivity index is 1.57. The lowest BCUT2D eigenvalue weighted by Gasteiger charge is -2.11. The SMILES string of the molecule is O=C(CCC(=O)NNC(=S)NC(=O)COc1ccc(Br)cc1)NCc1ccccc1. The fourth-order valence-electron chi connectivity index (χ4n) is 2.17. The summed E-state index contributed by atoms with van der Waals surface area (Å²) in [7, 11) is 0. The lowest BCUT2D eigenvalue weighted by molar-refractivity contribution is -0.126. The average Bonchev–Trinajstić information content (AvgIpc) is 2.75. The Morgan fingerprint density at radius 1 is 0.867 bits per heavy atom. The number of hydrogen-bond donors (Lipinski definition) is 4. The van der Waals surface area contributed by atoms with Gasteiger partial charge in [-0.3, -0.25) is 30.6 Å². The monoisotopic (exact) mass is 492 g/mol. The first-order valence-electron chi connectivity index (χ1n) is 9.00. The number of amides is 3. The van der Waals surface area contributed by atoms with E-state index in [1.165, 1.54) is 0 Å². The van der Waals surface area contributed by atoms with Crippen LogP contribution >= 0.6 is 28.1 Å². The second-order valence-electron chi connectivity index (χ2n) is 6.06. The van der Waals surface area contributed by atoms with Crippen molar-refractivity contribution in [3.63, 3.8) is 0 Å². The highest BCUT2D eigenvalue weighted by molar-refractivity contribution is 9.10. The highest BCUT2D eigenvalue weighted by Gasteiger charge is 2.09. The molecule has 0 aromatic heterocycles. The summed E-state index contributed by atoms with van der Waals surface area (Å²) in [4.78, 5) is 35.4.